The summed E-state index contributed by atoms with van der Waals surface area (Å²) < 4.78 is 0. The Hall–Kier alpha value is -1.02. The number of aryl methyl sites for hydroxylation is 2. The summed E-state index contributed by atoms with van der Waals surface area (Å²) in [4.78, 5) is 7.66. The van der Waals surface area contributed by atoms with Gasteiger partial charge >= 0.3 is 0 Å². The lowest BCUT2D eigenvalue weighted by atomic mass is 10.1. The van der Waals surface area contributed by atoms with Gasteiger partial charge in [-0.2, -0.15) is 0 Å². The van der Waals surface area contributed by atoms with Crippen LogP contribution in [0.5, 0.6) is 0 Å². The summed E-state index contributed by atoms with van der Waals surface area (Å²) >= 11 is 5.74. The number of nitrogens with zero attached hydrogens (tertiary/aromatic N) is 1. The standard InChI is InChI=1S/C11H13ClN2/c1-3-8-7(2)4-5-9-11(8)14-10(6-12)13-9/h4-5H,3,6H2,1-2H3,(H,13,14). The molecule has 0 aliphatic carbocycles. The molecule has 0 saturated carbocycles. The van der Waals surface area contributed by atoms with Crippen molar-refractivity contribution in [1.29, 1.82) is 0 Å². The first-order valence-corrected chi connectivity index (χ1v) is 5.32. The third-order valence-corrected chi connectivity index (χ3v) is 2.78. The molecule has 1 aromatic heterocycles. The van der Waals surface area contributed by atoms with Gasteiger partial charge in [-0.05, 0) is 30.5 Å². The molecule has 3 heteroatoms. The summed E-state index contributed by atoms with van der Waals surface area (Å²) in [5, 5.41) is 0. The molecule has 0 atom stereocenters. The highest BCUT2D eigenvalue weighted by atomic mass is 35.5. The highest BCUT2D eigenvalue weighted by Gasteiger charge is 2.07. The molecule has 0 amide bonds. The highest BCUT2D eigenvalue weighted by Crippen LogP contribution is 2.21. The molecule has 0 fully saturated rings. The van der Waals surface area contributed by atoms with Crippen LogP contribution in [0.1, 0.15) is 23.9 Å². The van der Waals surface area contributed by atoms with Gasteiger partial charge in [-0.3, -0.25) is 0 Å². The van der Waals surface area contributed by atoms with Crippen LogP contribution < -0.4 is 0 Å². The average Bonchev–Trinajstić information content (AvgIpc) is 2.60. The van der Waals surface area contributed by atoms with E-state index in [1.54, 1.807) is 0 Å². The van der Waals surface area contributed by atoms with Gasteiger partial charge in [0.25, 0.3) is 0 Å². The molecule has 74 valence electrons. The second-order valence-electron chi connectivity index (χ2n) is 3.43. The lowest BCUT2D eigenvalue weighted by Gasteiger charge is -2.02. The Balaban J connectivity index is 2.73. The van der Waals surface area contributed by atoms with Crippen molar-refractivity contribution in [3.8, 4) is 0 Å². The smallest absolute Gasteiger partial charge is 0.122 e. The van der Waals surface area contributed by atoms with Gasteiger partial charge in [0.05, 0.1) is 16.9 Å². The number of imidazole rings is 1. The van der Waals surface area contributed by atoms with Crippen molar-refractivity contribution in [3.63, 3.8) is 0 Å². The first-order valence-electron chi connectivity index (χ1n) is 4.79. The summed E-state index contributed by atoms with van der Waals surface area (Å²) in [6.07, 6.45) is 1.02. The summed E-state index contributed by atoms with van der Waals surface area (Å²) in [6, 6.07) is 4.15. The van der Waals surface area contributed by atoms with Gasteiger partial charge in [0.2, 0.25) is 0 Å². The second kappa shape index (κ2) is 3.62. The zero-order chi connectivity index (χ0) is 10.1. The van der Waals surface area contributed by atoms with Crippen LogP contribution >= 0.6 is 11.6 Å². The van der Waals surface area contributed by atoms with Crippen LogP contribution in [-0.2, 0) is 12.3 Å². The molecule has 0 saturated heterocycles. The van der Waals surface area contributed by atoms with Gasteiger partial charge < -0.3 is 4.98 Å². The van der Waals surface area contributed by atoms with E-state index in [0.717, 1.165) is 23.3 Å². The van der Waals surface area contributed by atoms with E-state index < -0.39 is 0 Å². The zero-order valence-electron chi connectivity index (χ0n) is 8.39. The van der Waals surface area contributed by atoms with E-state index in [0.29, 0.717) is 5.88 Å². The van der Waals surface area contributed by atoms with E-state index in [2.05, 4.69) is 29.9 Å². The normalized spacial score (nSPS) is 11.1. The highest BCUT2D eigenvalue weighted by molar-refractivity contribution is 6.16. The maximum absolute atomic E-state index is 5.74. The number of benzene rings is 1. The third-order valence-electron chi connectivity index (χ3n) is 2.53. The predicted molar refractivity (Wildman–Crippen MR) is 59.8 cm³/mol. The minimum absolute atomic E-state index is 0.441. The molecule has 1 heterocycles. The fraction of sp³-hybridized carbons (Fsp3) is 0.364. The second-order valence-corrected chi connectivity index (χ2v) is 3.69. The average molecular weight is 209 g/mol. The predicted octanol–water partition coefficient (Wildman–Crippen LogP) is 3.17. The molecule has 0 aliphatic rings. The number of fused-ring (bicyclic) bond motifs is 1. The van der Waals surface area contributed by atoms with Gasteiger partial charge in [-0.15, -0.1) is 11.6 Å². The zero-order valence-corrected chi connectivity index (χ0v) is 9.15. The Morgan fingerprint density at radius 1 is 1.43 bits per heavy atom. The fourth-order valence-electron chi connectivity index (χ4n) is 1.81. The first-order chi connectivity index (χ1) is 6.76. The van der Waals surface area contributed by atoms with Gasteiger partial charge in [0.15, 0.2) is 0 Å². The van der Waals surface area contributed by atoms with E-state index in [4.69, 9.17) is 11.6 Å². The number of alkyl halides is 1. The summed E-state index contributed by atoms with van der Waals surface area (Å²) in [5.41, 5.74) is 4.81. The molecule has 1 aromatic carbocycles. The Labute approximate surface area is 88.3 Å². The van der Waals surface area contributed by atoms with Crippen molar-refractivity contribution in [3.05, 3.63) is 29.1 Å². The Morgan fingerprint density at radius 2 is 2.21 bits per heavy atom. The lowest BCUT2D eigenvalue weighted by molar-refractivity contribution is 1.10. The van der Waals surface area contributed by atoms with Gasteiger partial charge in [0.1, 0.15) is 5.82 Å². The monoisotopic (exact) mass is 208 g/mol. The molecule has 2 aromatic rings. The largest absolute Gasteiger partial charge is 0.341 e. The number of nitrogens with one attached hydrogen (secondary N) is 1. The third kappa shape index (κ3) is 1.40. The quantitative estimate of drug-likeness (QED) is 0.755. The molecule has 0 aliphatic heterocycles. The molecule has 1 N–H and O–H groups in total. The molecule has 2 nitrogen and oxygen atoms in total. The molecular formula is C11H13ClN2. The van der Waals surface area contributed by atoms with E-state index in [9.17, 15) is 0 Å². The van der Waals surface area contributed by atoms with Crippen LogP contribution in [0.3, 0.4) is 0 Å². The number of aromatic nitrogens is 2. The molecule has 2 rings (SSSR count). The van der Waals surface area contributed by atoms with E-state index >= 15 is 0 Å². The number of halogens is 1. The number of aromatic amines is 1. The summed E-state index contributed by atoms with van der Waals surface area (Å²) in [6.45, 7) is 4.28. The van der Waals surface area contributed by atoms with E-state index in [1.807, 2.05) is 6.07 Å². The van der Waals surface area contributed by atoms with E-state index in [-0.39, 0.29) is 0 Å². The van der Waals surface area contributed by atoms with Crippen molar-refractivity contribution < 1.29 is 0 Å². The van der Waals surface area contributed by atoms with Crippen LogP contribution in [0.4, 0.5) is 0 Å². The van der Waals surface area contributed by atoms with Crippen molar-refractivity contribution in [2.24, 2.45) is 0 Å². The number of hydrogen-bond acceptors (Lipinski definition) is 1. The fourth-order valence-corrected chi connectivity index (χ4v) is 1.94. The van der Waals surface area contributed by atoms with Crippen LogP contribution in [0.15, 0.2) is 12.1 Å². The molecule has 0 bridgehead atoms. The topological polar surface area (TPSA) is 28.7 Å². The number of hydrogen-bond donors (Lipinski definition) is 1. The molecular weight excluding hydrogens is 196 g/mol. The minimum atomic E-state index is 0.441. The van der Waals surface area contributed by atoms with Crippen molar-refractivity contribution in [1.82, 2.24) is 9.97 Å². The molecule has 0 spiro atoms. The lowest BCUT2D eigenvalue weighted by Crippen LogP contribution is -1.88. The van der Waals surface area contributed by atoms with Crippen molar-refractivity contribution >= 4 is 22.6 Å². The Bertz CT molecular complexity index is 460. The maximum atomic E-state index is 5.74. The van der Waals surface area contributed by atoms with Crippen molar-refractivity contribution in [2.45, 2.75) is 26.1 Å². The molecule has 0 unspecified atom stereocenters. The Kier molecular flexibility index (Phi) is 2.46. The number of H-pyrrole nitrogens is 1. The van der Waals surface area contributed by atoms with Gasteiger partial charge in [-0.1, -0.05) is 13.0 Å². The number of rotatable bonds is 2. The van der Waals surface area contributed by atoms with Crippen LogP contribution in [-0.4, -0.2) is 9.97 Å². The molecule has 14 heavy (non-hydrogen) atoms. The maximum Gasteiger partial charge on any atom is 0.122 e. The van der Waals surface area contributed by atoms with Crippen LogP contribution in [0.25, 0.3) is 11.0 Å². The van der Waals surface area contributed by atoms with Gasteiger partial charge in [0, 0.05) is 0 Å². The molecule has 0 radical (unpaired) electrons. The SMILES string of the molecule is CCc1c(C)ccc2nc(CCl)[nH]c12. The Morgan fingerprint density at radius 3 is 2.86 bits per heavy atom. The minimum Gasteiger partial charge on any atom is -0.341 e. The summed E-state index contributed by atoms with van der Waals surface area (Å²) in [7, 11) is 0. The van der Waals surface area contributed by atoms with Crippen LogP contribution in [0.2, 0.25) is 0 Å². The van der Waals surface area contributed by atoms with Crippen LogP contribution in [0, 0.1) is 6.92 Å². The van der Waals surface area contributed by atoms with Gasteiger partial charge in [-0.25, -0.2) is 4.98 Å². The van der Waals surface area contributed by atoms with Crippen molar-refractivity contribution in [2.75, 3.05) is 0 Å². The summed E-state index contributed by atoms with van der Waals surface area (Å²) in [5.74, 6) is 1.29. The first kappa shape index (κ1) is 9.53. The van der Waals surface area contributed by atoms with E-state index in [1.165, 1.54) is 11.1 Å².